The molecule has 0 fully saturated rings. The highest BCUT2D eigenvalue weighted by Crippen LogP contribution is 2.12. The summed E-state index contributed by atoms with van der Waals surface area (Å²) in [7, 11) is 0. The first-order chi connectivity index (χ1) is 6.74. The van der Waals surface area contributed by atoms with Crippen LogP contribution in [0, 0.1) is 12.8 Å². The number of aliphatic hydroxyl groups is 1. The number of hydrogen-bond donors (Lipinski definition) is 2. The van der Waals surface area contributed by atoms with Crippen molar-refractivity contribution in [2.45, 2.75) is 20.3 Å². The lowest BCUT2D eigenvalue weighted by molar-refractivity contribution is 0.266. The number of aromatic nitrogens is 1. The van der Waals surface area contributed by atoms with Crippen LogP contribution < -0.4 is 5.32 Å². The molecule has 0 aliphatic heterocycles. The first-order valence-electron chi connectivity index (χ1n) is 4.99. The van der Waals surface area contributed by atoms with Gasteiger partial charge in [0.2, 0.25) is 0 Å². The third kappa shape index (κ3) is 3.34. The highest BCUT2D eigenvalue weighted by Gasteiger charge is 2.01. The minimum Gasteiger partial charge on any atom is -0.396 e. The Hall–Kier alpha value is -1.09. The fourth-order valence-corrected chi connectivity index (χ4v) is 1.28. The Kier molecular flexibility index (Phi) is 4.40. The summed E-state index contributed by atoms with van der Waals surface area (Å²) < 4.78 is 0. The summed E-state index contributed by atoms with van der Waals surface area (Å²) >= 11 is 0. The molecule has 2 N–H and O–H groups in total. The van der Waals surface area contributed by atoms with Gasteiger partial charge < -0.3 is 10.4 Å². The van der Waals surface area contributed by atoms with Crippen molar-refractivity contribution in [2.75, 3.05) is 18.5 Å². The van der Waals surface area contributed by atoms with Crippen LogP contribution in [-0.2, 0) is 0 Å². The molecule has 1 aromatic rings. The Bertz CT molecular complexity index is 276. The summed E-state index contributed by atoms with van der Waals surface area (Å²) in [6, 6.07) is 1.97. The second kappa shape index (κ2) is 5.60. The van der Waals surface area contributed by atoms with Crippen LogP contribution in [0.5, 0.6) is 0 Å². The van der Waals surface area contributed by atoms with E-state index in [1.165, 1.54) is 0 Å². The van der Waals surface area contributed by atoms with Crippen molar-refractivity contribution in [2.24, 2.45) is 5.92 Å². The Labute approximate surface area is 85.2 Å². The van der Waals surface area contributed by atoms with Gasteiger partial charge in [-0.2, -0.15) is 0 Å². The van der Waals surface area contributed by atoms with E-state index < -0.39 is 0 Å². The van der Waals surface area contributed by atoms with Crippen molar-refractivity contribution in [3.05, 3.63) is 24.0 Å². The van der Waals surface area contributed by atoms with E-state index in [9.17, 15) is 0 Å². The molecule has 0 aromatic carbocycles. The summed E-state index contributed by atoms with van der Waals surface area (Å²) in [5.41, 5.74) is 2.29. The van der Waals surface area contributed by atoms with Crippen LogP contribution in [-0.4, -0.2) is 23.2 Å². The average molecular weight is 194 g/mol. The van der Waals surface area contributed by atoms with Gasteiger partial charge in [0.05, 0.1) is 0 Å². The van der Waals surface area contributed by atoms with Crippen molar-refractivity contribution >= 4 is 5.69 Å². The van der Waals surface area contributed by atoms with Crippen LogP contribution in [0.4, 0.5) is 5.69 Å². The van der Waals surface area contributed by atoms with E-state index in [0.717, 1.165) is 24.2 Å². The topological polar surface area (TPSA) is 45.2 Å². The molecule has 1 unspecified atom stereocenters. The highest BCUT2D eigenvalue weighted by molar-refractivity contribution is 5.48. The number of rotatable bonds is 5. The highest BCUT2D eigenvalue weighted by atomic mass is 16.3. The first-order valence-corrected chi connectivity index (χ1v) is 4.99. The number of aryl methyl sites for hydroxylation is 1. The number of nitrogens with one attached hydrogen (secondary N) is 1. The van der Waals surface area contributed by atoms with Crippen LogP contribution in [0.15, 0.2) is 18.5 Å². The predicted molar refractivity (Wildman–Crippen MR) is 58.3 cm³/mol. The van der Waals surface area contributed by atoms with Gasteiger partial charge in [0, 0.05) is 31.2 Å². The smallest absolute Gasteiger partial charge is 0.0434 e. The maximum atomic E-state index is 8.75. The van der Waals surface area contributed by atoms with E-state index in [4.69, 9.17) is 5.11 Å². The lowest BCUT2D eigenvalue weighted by Crippen LogP contribution is -2.13. The van der Waals surface area contributed by atoms with Crippen LogP contribution >= 0.6 is 0 Å². The Morgan fingerprint density at radius 1 is 1.57 bits per heavy atom. The van der Waals surface area contributed by atoms with Crippen molar-refractivity contribution in [3.8, 4) is 0 Å². The molecule has 0 bridgehead atoms. The lowest BCUT2D eigenvalue weighted by Gasteiger charge is -2.13. The molecule has 1 rings (SSSR count). The van der Waals surface area contributed by atoms with Gasteiger partial charge >= 0.3 is 0 Å². The van der Waals surface area contributed by atoms with E-state index in [0.29, 0.717) is 5.92 Å². The van der Waals surface area contributed by atoms with Gasteiger partial charge in [-0.3, -0.25) is 4.98 Å². The SMILES string of the molecule is Cc1cnccc1NCC(C)CCO. The normalized spacial score (nSPS) is 12.5. The molecule has 3 heteroatoms. The molecule has 0 amide bonds. The molecule has 1 aromatic heterocycles. The molecule has 3 nitrogen and oxygen atoms in total. The molecule has 1 atom stereocenters. The van der Waals surface area contributed by atoms with Gasteiger partial charge in [0.15, 0.2) is 0 Å². The zero-order valence-corrected chi connectivity index (χ0v) is 8.83. The summed E-state index contributed by atoms with van der Waals surface area (Å²) in [4.78, 5) is 4.03. The Balaban J connectivity index is 2.41. The second-order valence-electron chi connectivity index (χ2n) is 3.69. The molecule has 0 aliphatic carbocycles. The van der Waals surface area contributed by atoms with Crippen LogP contribution in [0.2, 0.25) is 0 Å². The van der Waals surface area contributed by atoms with Crippen LogP contribution in [0.1, 0.15) is 18.9 Å². The fourth-order valence-electron chi connectivity index (χ4n) is 1.28. The van der Waals surface area contributed by atoms with E-state index >= 15 is 0 Å². The minimum absolute atomic E-state index is 0.262. The molecule has 0 radical (unpaired) electrons. The van der Waals surface area contributed by atoms with Gasteiger partial charge in [-0.05, 0) is 30.9 Å². The van der Waals surface area contributed by atoms with Gasteiger partial charge in [-0.25, -0.2) is 0 Å². The molecule has 0 saturated heterocycles. The quantitative estimate of drug-likeness (QED) is 0.751. The number of pyridine rings is 1. The van der Waals surface area contributed by atoms with E-state index in [1.807, 2.05) is 19.2 Å². The largest absolute Gasteiger partial charge is 0.396 e. The van der Waals surface area contributed by atoms with Crippen molar-refractivity contribution < 1.29 is 5.11 Å². The van der Waals surface area contributed by atoms with E-state index in [2.05, 4.69) is 17.2 Å². The number of hydrogen-bond acceptors (Lipinski definition) is 3. The van der Waals surface area contributed by atoms with Gasteiger partial charge in [-0.15, -0.1) is 0 Å². The number of nitrogens with zero attached hydrogens (tertiary/aromatic N) is 1. The number of aliphatic hydroxyl groups excluding tert-OH is 1. The summed E-state index contributed by atoms with van der Waals surface area (Å²) in [6.45, 7) is 5.31. The lowest BCUT2D eigenvalue weighted by atomic mass is 10.1. The standard InChI is InChI=1S/C11H18N2O/c1-9(4-6-14)7-13-11-3-5-12-8-10(11)2/h3,5,8-9,14H,4,6-7H2,1-2H3,(H,12,13). The van der Waals surface area contributed by atoms with E-state index in [-0.39, 0.29) is 6.61 Å². The molecular formula is C11H18N2O. The van der Waals surface area contributed by atoms with Crippen molar-refractivity contribution in [3.63, 3.8) is 0 Å². The molecule has 0 spiro atoms. The minimum atomic E-state index is 0.262. The maximum absolute atomic E-state index is 8.75. The fraction of sp³-hybridized carbons (Fsp3) is 0.545. The predicted octanol–water partition coefficient (Wildman–Crippen LogP) is 1.82. The molecule has 0 saturated carbocycles. The molecular weight excluding hydrogens is 176 g/mol. The molecule has 78 valence electrons. The van der Waals surface area contributed by atoms with E-state index in [1.54, 1.807) is 6.20 Å². The zero-order valence-electron chi connectivity index (χ0n) is 8.83. The van der Waals surface area contributed by atoms with Gasteiger partial charge in [0.25, 0.3) is 0 Å². The molecule has 14 heavy (non-hydrogen) atoms. The monoisotopic (exact) mass is 194 g/mol. The second-order valence-corrected chi connectivity index (χ2v) is 3.69. The maximum Gasteiger partial charge on any atom is 0.0434 e. The average Bonchev–Trinajstić information content (AvgIpc) is 2.17. The molecule has 1 heterocycles. The van der Waals surface area contributed by atoms with Crippen molar-refractivity contribution in [1.82, 2.24) is 4.98 Å². The first kappa shape index (κ1) is 11.0. The summed E-state index contributed by atoms with van der Waals surface area (Å²) in [5, 5.41) is 12.1. The summed E-state index contributed by atoms with van der Waals surface area (Å²) in [5.74, 6) is 0.493. The van der Waals surface area contributed by atoms with Gasteiger partial charge in [0.1, 0.15) is 0 Å². The zero-order chi connectivity index (χ0) is 10.4. The molecule has 0 aliphatic rings. The number of anilines is 1. The van der Waals surface area contributed by atoms with Crippen LogP contribution in [0.25, 0.3) is 0 Å². The third-order valence-electron chi connectivity index (χ3n) is 2.28. The van der Waals surface area contributed by atoms with Crippen molar-refractivity contribution in [1.29, 1.82) is 0 Å². The third-order valence-corrected chi connectivity index (χ3v) is 2.28. The Morgan fingerprint density at radius 3 is 3.00 bits per heavy atom. The summed E-state index contributed by atoms with van der Waals surface area (Å²) in [6.07, 6.45) is 4.47. The van der Waals surface area contributed by atoms with Gasteiger partial charge in [-0.1, -0.05) is 6.92 Å². The van der Waals surface area contributed by atoms with Crippen LogP contribution in [0.3, 0.4) is 0 Å². The Morgan fingerprint density at radius 2 is 2.36 bits per heavy atom.